The molecule has 0 N–H and O–H groups in total. The monoisotopic (exact) mass is 166 g/mol. The van der Waals surface area contributed by atoms with Crippen LogP contribution in [0.2, 0.25) is 0 Å². The Morgan fingerprint density at radius 2 is 1.30 bits per heavy atom. The summed E-state index contributed by atoms with van der Waals surface area (Å²) in [6.45, 7) is 0. The Bertz CT molecular complexity index is 114. The SMILES string of the molecule is O=C([O-])C(F)C(=O)[O-].[Na+].[Na+]. The number of aliphatic carboxylic acids is 2. The molecule has 7 heteroatoms. The first-order valence-electron chi connectivity index (χ1n) is 1.61. The van der Waals surface area contributed by atoms with E-state index in [0.29, 0.717) is 0 Å². The summed E-state index contributed by atoms with van der Waals surface area (Å²) in [6.07, 6.45) is -3.02. The van der Waals surface area contributed by atoms with E-state index in [0.717, 1.165) is 0 Å². The second-order valence-electron chi connectivity index (χ2n) is 1.00. The minimum atomic E-state index is -3.02. The summed E-state index contributed by atoms with van der Waals surface area (Å²) < 4.78 is 11.3. The molecule has 0 rings (SSSR count). The van der Waals surface area contributed by atoms with Gasteiger partial charge in [-0.15, -0.1) is 0 Å². The van der Waals surface area contributed by atoms with Crippen LogP contribution in [0.5, 0.6) is 0 Å². The molecule has 0 atom stereocenters. The normalized spacial score (nSPS) is 7.40. The third kappa shape index (κ3) is 6.98. The molecule has 0 bridgehead atoms. The molecule has 0 aromatic carbocycles. The quantitative estimate of drug-likeness (QED) is 0.301. The maximum Gasteiger partial charge on any atom is 1.00 e. The van der Waals surface area contributed by atoms with Gasteiger partial charge < -0.3 is 19.8 Å². The molecule has 0 saturated carbocycles. The fourth-order valence-corrected chi connectivity index (χ4v) is 0.0962. The first kappa shape index (κ1) is 17.1. The van der Waals surface area contributed by atoms with Crippen LogP contribution in [-0.4, -0.2) is 18.1 Å². The number of carbonyl (C=O) groups excluding carboxylic acids is 2. The molecule has 10 heavy (non-hydrogen) atoms. The number of rotatable bonds is 2. The molecular formula is C3HFNa2O4. The number of hydrogen-bond donors (Lipinski definition) is 0. The third-order valence-corrected chi connectivity index (χ3v) is 0.414. The van der Waals surface area contributed by atoms with E-state index >= 15 is 0 Å². The molecule has 0 aromatic rings. The third-order valence-electron chi connectivity index (χ3n) is 0.414. The van der Waals surface area contributed by atoms with Crippen LogP contribution >= 0.6 is 0 Å². The van der Waals surface area contributed by atoms with E-state index in [9.17, 15) is 24.2 Å². The van der Waals surface area contributed by atoms with Gasteiger partial charge in [0, 0.05) is 0 Å². The molecule has 0 saturated heterocycles. The maximum atomic E-state index is 11.3. The average Bonchev–Trinajstić information content (AvgIpc) is 1.64. The minimum Gasteiger partial charge on any atom is -0.547 e. The molecule has 0 aliphatic rings. The first-order valence-corrected chi connectivity index (χ1v) is 1.61. The van der Waals surface area contributed by atoms with E-state index in [2.05, 4.69) is 0 Å². The molecule has 0 heterocycles. The molecule has 0 amide bonds. The summed E-state index contributed by atoms with van der Waals surface area (Å²) >= 11 is 0. The fourth-order valence-electron chi connectivity index (χ4n) is 0.0962. The van der Waals surface area contributed by atoms with Crippen molar-refractivity contribution in [2.45, 2.75) is 6.17 Å². The van der Waals surface area contributed by atoms with Crippen molar-refractivity contribution < 1.29 is 83.3 Å². The predicted molar refractivity (Wildman–Crippen MR) is 14.9 cm³/mol. The Morgan fingerprint density at radius 3 is 1.30 bits per heavy atom. The van der Waals surface area contributed by atoms with Crippen molar-refractivity contribution in [3.05, 3.63) is 0 Å². The van der Waals surface area contributed by atoms with Crippen molar-refractivity contribution in [3.63, 3.8) is 0 Å². The summed E-state index contributed by atoms with van der Waals surface area (Å²) in [7, 11) is 0. The Kier molecular flexibility index (Phi) is 13.6. The molecule has 0 spiro atoms. The van der Waals surface area contributed by atoms with Gasteiger partial charge in [-0.05, 0) is 0 Å². The van der Waals surface area contributed by atoms with Crippen LogP contribution in [0.4, 0.5) is 4.39 Å². The standard InChI is InChI=1S/C3H3FO4.2Na/c4-1(2(5)6)3(7)8;;/h1H,(H,5,6)(H,7,8);;/q;2*+1/p-2. The zero-order chi connectivity index (χ0) is 6.73. The van der Waals surface area contributed by atoms with Crippen molar-refractivity contribution in [2.75, 3.05) is 0 Å². The molecule has 46 valence electrons. The number of halogens is 1. The van der Waals surface area contributed by atoms with E-state index in [4.69, 9.17) is 0 Å². The topological polar surface area (TPSA) is 80.3 Å². The van der Waals surface area contributed by atoms with Gasteiger partial charge in [-0.3, -0.25) is 0 Å². The Hall–Kier alpha value is 0.870. The van der Waals surface area contributed by atoms with Crippen LogP contribution in [0.1, 0.15) is 0 Å². The molecule has 0 aliphatic heterocycles. The molecule has 0 unspecified atom stereocenters. The van der Waals surface area contributed by atoms with E-state index in [1.54, 1.807) is 0 Å². The van der Waals surface area contributed by atoms with E-state index in [-0.39, 0.29) is 59.1 Å². The number of carboxylic acids is 2. The van der Waals surface area contributed by atoms with Crippen LogP contribution in [-0.2, 0) is 9.59 Å². The number of carboxylic acid groups (broad SMARTS) is 2. The zero-order valence-corrected chi connectivity index (χ0v) is 9.59. The second kappa shape index (κ2) is 7.97. The Morgan fingerprint density at radius 1 is 1.10 bits per heavy atom. The molecule has 0 aliphatic carbocycles. The predicted octanol–water partition coefficient (Wildman–Crippen LogP) is -9.17. The zero-order valence-electron chi connectivity index (χ0n) is 5.59. The van der Waals surface area contributed by atoms with Gasteiger partial charge >= 0.3 is 59.1 Å². The summed E-state index contributed by atoms with van der Waals surface area (Å²) in [4.78, 5) is 18.5. The first-order chi connectivity index (χ1) is 3.55. The summed E-state index contributed by atoms with van der Waals surface area (Å²) in [6, 6.07) is 0. The molecule has 0 fully saturated rings. The van der Waals surface area contributed by atoms with Crippen molar-refractivity contribution in [3.8, 4) is 0 Å². The summed E-state index contributed by atoms with van der Waals surface area (Å²) in [5.74, 6) is -4.57. The van der Waals surface area contributed by atoms with Gasteiger partial charge in [0.1, 0.15) is 0 Å². The summed E-state index contributed by atoms with van der Waals surface area (Å²) in [5, 5.41) is 18.5. The van der Waals surface area contributed by atoms with Crippen LogP contribution < -0.4 is 69.3 Å². The van der Waals surface area contributed by atoms with Gasteiger partial charge in [0.2, 0.25) is 0 Å². The van der Waals surface area contributed by atoms with Crippen molar-refractivity contribution in [2.24, 2.45) is 0 Å². The van der Waals surface area contributed by atoms with E-state index in [1.165, 1.54) is 0 Å². The maximum absolute atomic E-state index is 11.3. The van der Waals surface area contributed by atoms with E-state index < -0.39 is 18.1 Å². The molecule has 0 radical (unpaired) electrons. The molecule has 0 aromatic heterocycles. The number of carbonyl (C=O) groups is 2. The van der Waals surface area contributed by atoms with Gasteiger partial charge in [-0.1, -0.05) is 0 Å². The van der Waals surface area contributed by atoms with Crippen LogP contribution in [0.15, 0.2) is 0 Å². The minimum absolute atomic E-state index is 0. The Labute approximate surface area is 100 Å². The van der Waals surface area contributed by atoms with Crippen molar-refractivity contribution >= 4 is 11.9 Å². The van der Waals surface area contributed by atoms with Crippen LogP contribution in [0.25, 0.3) is 0 Å². The fraction of sp³-hybridized carbons (Fsp3) is 0.333. The van der Waals surface area contributed by atoms with Crippen LogP contribution in [0, 0.1) is 0 Å². The van der Waals surface area contributed by atoms with Gasteiger partial charge in [-0.25, -0.2) is 4.39 Å². The number of alkyl halides is 1. The van der Waals surface area contributed by atoms with Crippen LogP contribution in [0.3, 0.4) is 0 Å². The molecular weight excluding hydrogens is 165 g/mol. The average molecular weight is 166 g/mol. The van der Waals surface area contributed by atoms with Gasteiger partial charge in [0.05, 0.1) is 11.9 Å². The molecule has 4 nitrogen and oxygen atoms in total. The number of hydrogen-bond acceptors (Lipinski definition) is 4. The van der Waals surface area contributed by atoms with Gasteiger partial charge in [0.15, 0.2) is 6.17 Å². The Balaban J connectivity index is -0.000000245. The smallest absolute Gasteiger partial charge is 0.547 e. The van der Waals surface area contributed by atoms with E-state index in [1.807, 2.05) is 0 Å². The van der Waals surface area contributed by atoms with Crippen molar-refractivity contribution in [1.29, 1.82) is 0 Å². The van der Waals surface area contributed by atoms with Gasteiger partial charge in [0.25, 0.3) is 0 Å². The van der Waals surface area contributed by atoms with Crippen molar-refractivity contribution in [1.82, 2.24) is 0 Å². The largest absolute Gasteiger partial charge is 1.00 e. The second-order valence-corrected chi connectivity index (χ2v) is 1.00. The van der Waals surface area contributed by atoms with Gasteiger partial charge in [-0.2, -0.15) is 0 Å². The summed E-state index contributed by atoms with van der Waals surface area (Å²) in [5.41, 5.74) is 0.